The normalized spacial score (nSPS) is 27.2. The molecule has 4 N–H and O–H groups in total. The third kappa shape index (κ3) is 8.65. The summed E-state index contributed by atoms with van der Waals surface area (Å²) in [4.78, 5) is 71.8. The number of hydrogen-bond donors (Lipinski definition) is 4. The van der Waals surface area contributed by atoms with Crippen LogP contribution in [0.3, 0.4) is 0 Å². The van der Waals surface area contributed by atoms with Crippen LogP contribution in [0.4, 0.5) is 4.79 Å². The van der Waals surface area contributed by atoms with Gasteiger partial charge in [0.2, 0.25) is 17.6 Å². The minimum atomic E-state index is -3.78. The van der Waals surface area contributed by atoms with E-state index in [-0.39, 0.29) is 40.9 Å². The first-order valence-electron chi connectivity index (χ1n) is 21.7. The lowest BCUT2D eigenvalue weighted by Gasteiger charge is -2.44. The predicted molar refractivity (Wildman–Crippen MR) is 217 cm³/mol. The highest BCUT2D eigenvalue weighted by Gasteiger charge is 2.70. The number of Topliss-reactive ketones (excluding diaryl/α,β-unsaturated/α-hetero) is 1. The van der Waals surface area contributed by atoms with E-state index < -0.39 is 67.3 Å². The van der Waals surface area contributed by atoms with Gasteiger partial charge in [-0.25, -0.2) is 13.2 Å². The smallest absolute Gasteiger partial charge is 0.315 e. The number of benzene rings is 1. The molecule has 57 heavy (non-hydrogen) atoms. The third-order valence-corrected chi connectivity index (χ3v) is 17.6. The van der Waals surface area contributed by atoms with Crippen molar-refractivity contribution in [1.29, 1.82) is 0 Å². The summed E-state index contributed by atoms with van der Waals surface area (Å²) in [6.07, 6.45) is 11.7. The molecule has 1 saturated heterocycles. The van der Waals surface area contributed by atoms with Gasteiger partial charge in [-0.3, -0.25) is 19.2 Å². The molecule has 1 aromatic rings. The van der Waals surface area contributed by atoms with E-state index in [1.165, 1.54) is 0 Å². The van der Waals surface area contributed by atoms with Gasteiger partial charge in [0.1, 0.15) is 12.1 Å². The van der Waals surface area contributed by atoms with Crippen LogP contribution in [0.15, 0.2) is 30.3 Å². The second kappa shape index (κ2) is 15.6. The summed E-state index contributed by atoms with van der Waals surface area (Å²) in [5, 5.41) is 12.0. The summed E-state index contributed by atoms with van der Waals surface area (Å²) < 4.78 is 27.3. The molecule has 6 fully saturated rings. The lowest BCUT2D eigenvalue weighted by atomic mass is 9.70. The van der Waals surface area contributed by atoms with Gasteiger partial charge < -0.3 is 26.2 Å². The van der Waals surface area contributed by atoms with Crippen molar-refractivity contribution < 1.29 is 32.4 Å². The van der Waals surface area contributed by atoms with Crippen molar-refractivity contribution in [3.05, 3.63) is 35.9 Å². The Morgan fingerprint density at radius 1 is 0.842 bits per heavy atom. The van der Waals surface area contributed by atoms with Crippen molar-refractivity contribution in [3.63, 3.8) is 0 Å². The molecule has 0 radical (unpaired) electrons. The molecular weight excluding hydrogens is 743 g/mol. The first-order valence-corrected chi connectivity index (χ1v) is 23.3. The average molecular weight is 808 g/mol. The lowest BCUT2D eigenvalue weighted by molar-refractivity contribution is -0.146. The van der Waals surface area contributed by atoms with Gasteiger partial charge in [-0.05, 0) is 92.9 Å². The van der Waals surface area contributed by atoms with Crippen LogP contribution in [0, 0.1) is 28.6 Å². The van der Waals surface area contributed by atoms with Crippen molar-refractivity contribution in [2.24, 2.45) is 28.6 Å². The summed E-state index contributed by atoms with van der Waals surface area (Å²) in [5.74, 6) is -2.07. The van der Waals surface area contributed by atoms with E-state index in [9.17, 15) is 27.6 Å². The fourth-order valence-corrected chi connectivity index (χ4v) is 12.4. The molecule has 0 aromatic heterocycles. The van der Waals surface area contributed by atoms with E-state index in [1.807, 2.05) is 37.3 Å². The lowest BCUT2D eigenvalue weighted by Crippen LogP contribution is -2.65. The van der Waals surface area contributed by atoms with Crippen LogP contribution in [-0.2, 0) is 33.8 Å². The third-order valence-electron chi connectivity index (χ3n) is 14.9. The number of fused-ring (bicyclic) bond motifs is 1. The summed E-state index contributed by atoms with van der Waals surface area (Å²) in [5.41, 5.74) is -1.11. The second-order valence-electron chi connectivity index (χ2n) is 20.0. The molecule has 5 amide bonds. The van der Waals surface area contributed by atoms with Gasteiger partial charge in [0.15, 0.2) is 9.84 Å². The zero-order valence-electron chi connectivity index (χ0n) is 34.7. The largest absolute Gasteiger partial charge is 0.347 e. The number of urea groups is 1. The molecular formula is C44H65N5O7S. The van der Waals surface area contributed by atoms with Crippen LogP contribution in [0.25, 0.3) is 0 Å². The van der Waals surface area contributed by atoms with E-state index >= 15 is 4.79 Å². The van der Waals surface area contributed by atoms with Crippen molar-refractivity contribution in [2.75, 3.05) is 12.3 Å². The quantitative estimate of drug-likeness (QED) is 0.175. The van der Waals surface area contributed by atoms with Crippen LogP contribution >= 0.6 is 0 Å². The molecule has 1 aromatic carbocycles. The molecule has 5 aliphatic carbocycles. The minimum absolute atomic E-state index is 0.0102. The summed E-state index contributed by atoms with van der Waals surface area (Å²) in [6, 6.07) is 5.82. The topological polar surface area (TPSA) is 171 Å². The fraction of sp³-hybridized carbons (Fsp3) is 0.750. The Hall–Kier alpha value is -3.48. The predicted octanol–water partition coefficient (Wildman–Crippen LogP) is 5.29. The number of carbonyl (C=O) groups is 5. The number of piperidine rings is 1. The van der Waals surface area contributed by atoms with Crippen LogP contribution in [0.1, 0.15) is 136 Å². The van der Waals surface area contributed by atoms with E-state index in [1.54, 1.807) is 18.7 Å². The van der Waals surface area contributed by atoms with E-state index in [0.29, 0.717) is 44.2 Å². The molecule has 5 saturated carbocycles. The van der Waals surface area contributed by atoms with E-state index in [0.717, 1.165) is 64.2 Å². The first-order chi connectivity index (χ1) is 26.9. The summed E-state index contributed by atoms with van der Waals surface area (Å²) in [6.45, 7) is 10.0. The van der Waals surface area contributed by atoms with Gasteiger partial charge in [-0.1, -0.05) is 102 Å². The Kier molecular flexibility index (Phi) is 11.4. The van der Waals surface area contributed by atoms with Gasteiger partial charge in [0, 0.05) is 12.6 Å². The highest BCUT2D eigenvalue weighted by atomic mass is 32.2. The highest BCUT2D eigenvalue weighted by molar-refractivity contribution is 7.92. The number of rotatable bonds is 15. The summed E-state index contributed by atoms with van der Waals surface area (Å²) in [7, 11) is -3.78. The van der Waals surface area contributed by atoms with Crippen molar-refractivity contribution >= 4 is 39.4 Å². The van der Waals surface area contributed by atoms with Crippen LogP contribution in [-0.4, -0.2) is 84.9 Å². The Morgan fingerprint density at radius 3 is 2.05 bits per heavy atom. The SMILES string of the molecule is CC1([C@H](NC(=O)NC2(CS(=O)(=O)C(C)(C)c3ccccc3)CCCCC2)C(=O)N2C[C@H]3[C@@H]([C@H]2C(=O)NC(CC2CC2)C(=O)C(=O)NC2CC2)C3(C)C)CCCCC1. The zero-order valence-corrected chi connectivity index (χ0v) is 35.5. The zero-order chi connectivity index (χ0) is 41.0. The average Bonchev–Trinajstić information content (AvgIpc) is 4.13. The van der Waals surface area contributed by atoms with Gasteiger partial charge in [0.25, 0.3) is 5.91 Å². The van der Waals surface area contributed by atoms with Gasteiger partial charge in [-0.15, -0.1) is 0 Å². The molecule has 12 nitrogen and oxygen atoms in total. The molecule has 5 atom stereocenters. The Morgan fingerprint density at radius 2 is 1.46 bits per heavy atom. The number of ketones is 1. The number of amides is 5. The van der Waals surface area contributed by atoms with Gasteiger partial charge in [-0.2, -0.15) is 0 Å². The van der Waals surface area contributed by atoms with Gasteiger partial charge in [0.05, 0.1) is 22.1 Å². The maximum Gasteiger partial charge on any atom is 0.315 e. The van der Waals surface area contributed by atoms with Crippen molar-refractivity contribution in [3.8, 4) is 0 Å². The van der Waals surface area contributed by atoms with Crippen LogP contribution < -0.4 is 21.3 Å². The van der Waals surface area contributed by atoms with Crippen LogP contribution in [0.5, 0.6) is 0 Å². The molecule has 13 heteroatoms. The number of carbonyl (C=O) groups excluding carboxylic acids is 5. The molecule has 0 spiro atoms. The van der Waals surface area contributed by atoms with E-state index in [2.05, 4.69) is 35.1 Å². The standard InChI is InChI=1S/C44H65N5O7S/c1-41(2)31-26-49(34(33(31)41)37(51)46-32(25-28-17-18-28)35(50)38(52)45-30-19-20-30)39(53)36(43(5)21-11-7-12-22-43)47-40(54)48-44(23-13-8-14-24-44)27-57(55,56)42(3,4)29-15-9-6-10-16-29/h6,9-10,15-16,28,30-34,36H,7-8,11-14,17-27H2,1-5H3,(H,45,52)(H,46,51)(H2,47,48,54)/t31-,32?,33-,34-,36+/m0/s1. The molecule has 1 aliphatic heterocycles. The number of sulfone groups is 1. The number of likely N-dealkylation sites (tertiary alicyclic amines) is 1. The fourth-order valence-electron chi connectivity index (χ4n) is 10.5. The van der Waals surface area contributed by atoms with Gasteiger partial charge >= 0.3 is 6.03 Å². The Balaban J connectivity index is 1.12. The number of nitrogens with zero attached hydrogens (tertiary/aromatic N) is 1. The van der Waals surface area contributed by atoms with Crippen molar-refractivity contribution in [1.82, 2.24) is 26.2 Å². The maximum atomic E-state index is 15.1. The highest BCUT2D eigenvalue weighted by Crippen LogP contribution is 2.65. The van der Waals surface area contributed by atoms with Crippen molar-refractivity contribution in [2.45, 2.75) is 165 Å². The van der Waals surface area contributed by atoms with E-state index in [4.69, 9.17) is 0 Å². The molecule has 314 valence electrons. The first kappa shape index (κ1) is 41.7. The molecule has 1 heterocycles. The molecule has 6 aliphatic rings. The molecule has 1 unspecified atom stereocenters. The second-order valence-corrected chi connectivity index (χ2v) is 22.5. The Labute approximate surface area is 339 Å². The number of hydrogen-bond acceptors (Lipinski definition) is 7. The van der Waals surface area contributed by atoms with Crippen LogP contribution in [0.2, 0.25) is 0 Å². The molecule has 0 bridgehead atoms. The Bertz CT molecular complexity index is 1830. The molecule has 7 rings (SSSR count). The monoisotopic (exact) mass is 807 g/mol. The minimum Gasteiger partial charge on any atom is -0.347 e. The summed E-state index contributed by atoms with van der Waals surface area (Å²) >= 11 is 0. The maximum absolute atomic E-state index is 15.1. The number of nitrogens with one attached hydrogen (secondary N) is 4.